The summed E-state index contributed by atoms with van der Waals surface area (Å²) in [6, 6.07) is 19.8. The number of fused-ring (bicyclic) bond motifs is 2. The molecule has 0 radical (unpaired) electrons. The molecule has 0 bridgehead atoms. The van der Waals surface area contributed by atoms with Gasteiger partial charge in [-0.2, -0.15) is 5.10 Å². The molecule has 1 aliphatic rings. The fourth-order valence-electron chi connectivity index (χ4n) is 5.09. The van der Waals surface area contributed by atoms with Crippen LogP contribution in [0.25, 0.3) is 10.9 Å². The van der Waals surface area contributed by atoms with Crippen LogP contribution in [0.2, 0.25) is 5.02 Å². The summed E-state index contributed by atoms with van der Waals surface area (Å²) in [7, 11) is 3.10. The maximum absolute atomic E-state index is 14.3. The summed E-state index contributed by atoms with van der Waals surface area (Å²) in [6.45, 7) is 0.989. The summed E-state index contributed by atoms with van der Waals surface area (Å²) in [5.74, 6) is 0.443. The number of benzene rings is 3. The fraction of sp³-hybridized carbons (Fsp3) is 0.290. The van der Waals surface area contributed by atoms with E-state index in [1.807, 2.05) is 36.4 Å². The zero-order valence-corrected chi connectivity index (χ0v) is 24.7. The Hall–Kier alpha value is -4.77. The maximum Gasteiger partial charge on any atom is 0.411 e. The lowest BCUT2D eigenvalue weighted by atomic mass is 10.0. The number of rotatable bonds is 6. The molecule has 43 heavy (non-hydrogen) atoms. The van der Waals surface area contributed by atoms with Crippen molar-refractivity contribution in [3.05, 3.63) is 82.9 Å². The van der Waals surface area contributed by atoms with E-state index in [0.717, 1.165) is 22.0 Å². The van der Waals surface area contributed by atoms with Crippen molar-refractivity contribution in [3.63, 3.8) is 0 Å². The molecule has 0 fully saturated rings. The van der Waals surface area contributed by atoms with Crippen molar-refractivity contribution >= 4 is 57.8 Å². The van der Waals surface area contributed by atoms with Crippen LogP contribution in [0.4, 0.5) is 26.8 Å². The van der Waals surface area contributed by atoms with Crippen LogP contribution in [0.5, 0.6) is 0 Å². The number of ether oxygens (including phenoxy) is 2. The monoisotopic (exact) mass is 604 g/mol. The molecule has 1 aromatic heterocycles. The number of carbonyl (C=O) groups is 3. The lowest BCUT2D eigenvalue weighted by Crippen LogP contribution is -2.45. The van der Waals surface area contributed by atoms with Gasteiger partial charge in [0, 0.05) is 48.3 Å². The third kappa shape index (κ3) is 7.36. The van der Waals surface area contributed by atoms with Crippen molar-refractivity contribution in [2.75, 3.05) is 42.8 Å². The molecule has 1 aliphatic heterocycles. The van der Waals surface area contributed by atoms with Crippen LogP contribution in [0.15, 0.2) is 66.7 Å². The van der Waals surface area contributed by atoms with E-state index in [0.29, 0.717) is 54.6 Å². The molecule has 5 rings (SSSR count). The van der Waals surface area contributed by atoms with E-state index < -0.39 is 18.2 Å². The van der Waals surface area contributed by atoms with Gasteiger partial charge < -0.3 is 19.7 Å². The number of hydrogen-bond donors (Lipinski definition) is 3. The summed E-state index contributed by atoms with van der Waals surface area (Å²) in [5, 5.41) is 14.9. The number of amides is 3. The van der Waals surface area contributed by atoms with Gasteiger partial charge in [-0.1, -0.05) is 41.9 Å². The Bertz CT molecular complexity index is 1630. The molecule has 11 nitrogen and oxygen atoms in total. The van der Waals surface area contributed by atoms with Gasteiger partial charge in [0.25, 0.3) is 0 Å². The molecule has 3 aromatic carbocycles. The largest absolute Gasteiger partial charge is 0.453 e. The van der Waals surface area contributed by atoms with E-state index in [1.54, 1.807) is 47.0 Å². The minimum absolute atomic E-state index is 0.103. The highest BCUT2D eigenvalue weighted by atomic mass is 35.5. The third-order valence-corrected chi connectivity index (χ3v) is 7.48. The second kappa shape index (κ2) is 13.5. The number of aromatic nitrogens is 2. The molecule has 2 heterocycles. The first-order valence-corrected chi connectivity index (χ1v) is 14.3. The van der Waals surface area contributed by atoms with Crippen LogP contribution in [0.1, 0.15) is 17.5 Å². The fourth-order valence-corrected chi connectivity index (χ4v) is 5.29. The topological polar surface area (TPSA) is 127 Å². The van der Waals surface area contributed by atoms with Gasteiger partial charge in [-0.05, 0) is 60.4 Å². The Morgan fingerprint density at radius 1 is 1.12 bits per heavy atom. The number of anilines is 3. The van der Waals surface area contributed by atoms with Gasteiger partial charge in [-0.25, -0.2) is 9.59 Å². The lowest BCUT2D eigenvalue weighted by molar-refractivity contribution is -0.132. The molecule has 224 valence electrons. The van der Waals surface area contributed by atoms with Crippen molar-refractivity contribution in [1.82, 2.24) is 14.7 Å². The zero-order chi connectivity index (χ0) is 30.3. The van der Waals surface area contributed by atoms with Gasteiger partial charge in [0.05, 0.1) is 19.2 Å². The molecule has 3 amide bonds. The summed E-state index contributed by atoms with van der Waals surface area (Å²) >= 11 is 6.26. The highest BCUT2D eigenvalue weighted by Gasteiger charge is 2.27. The van der Waals surface area contributed by atoms with Crippen molar-refractivity contribution in [2.45, 2.75) is 25.3 Å². The minimum Gasteiger partial charge on any atom is -0.453 e. The van der Waals surface area contributed by atoms with E-state index in [2.05, 4.69) is 21.0 Å². The van der Waals surface area contributed by atoms with Gasteiger partial charge >= 0.3 is 12.2 Å². The van der Waals surface area contributed by atoms with Gasteiger partial charge in [0.15, 0.2) is 5.82 Å². The molecule has 0 unspecified atom stereocenters. The first kappa shape index (κ1) is 29.7. The molecular formula is C31H33ClN6O5. The molecule has 0 spiro atoms. The minimum atomic E-state index is -0.641. The van der Waals surface area contributed by atoms with Crippen LogP contribution in [0.3, 0.4) is 0 Å². The van der Waals surface area contributed by atoms with E-state index in [4.69, 9.17) is 21.1 Å². The summed E-state index contributed by atoms with van der Waals surface area (Å²) < 4.78 is 11.7. The number of nitrogens with one attached hydrogen (secondary N) is 3. The van der Waals surface area contributed by atoms with Crippen LogP contribution >= 0.6 is 11.6 Å². The maximum atomic E-state index is 14.3. The molecule has 0 saturated carbocycles. The third-order valence-electron chi connectivity index (χ3n) is 7.25. The summed E-state index contributed by atoms with van der Waals surface area (Å²) in [4.78, 5) is 40.1. The Morgan fingerprint density at radius 3 is 2.72 bits per heavy atom. The van der Waals surface area contributed by atoms with E-state index in [9.17, 15) is 14.4 Å². The van der Waals surface area contributed by atoms with Crippen molar-refractivity contribution < 1.29 is 23.9 Å². The first-order valence-electron chi connectivity index (χ1n) is 13.9. The second-order valence-electron chi connectivity index (χ2n) is 10.2. The highest BCUT2D eigenvalue weighted by Crippen LogP contribution is 2.27. The normalized spacial score (nSPS) is 14.5. The SMILES string of the molecule is COC(=O)Nc1ccc2c(N[C@@H](Cc3ccccc3)C(=O)N3CCCOC(=O)Nc4ccc(Cl)cc4CC3)nn(C)c2c1. The molecule has 3 N–H and O–H groups in total. The predicted octanol–water partition coefficient (Wildman–Crippen LogP) is 5.45. The Morgan fingerprint density at radius 2 is 1.93 bits per heavy atom. The summed E-state index contributed by atoms with van der Waals surface area (Å²) in [5.41, 5.74) is 3.73. The van der Waals surface area contributed by atoms with Gasteiger partial charge in [0.1, 0.15) is 6.04 Å². The van der Waals surface area contributed by atoms with Crippen LogP contribution in [-0.2, 0) is 34.2 Å². The van der Waals surface area contributed by atoms with Gasteiger partial charge in [-0.15, -0.1) is 0 Å². The molecule has 0 aliphatic carbocycles. The highest BCUT2D eigenvalue weighted by molar-refractivity contribution is 6.30. The predicted molar refractivity (Wildman–Crippen MR) is 166 cm³/mol. The standard InChI is InChI=1S/C31H33ClN6O5/c1-37-27-19-23(33-30(40)42-2)10-11-24(27)28(36-37)34-26(17-20-7-4-3-5-8-20)29(39)38-14-6-16-43-31(41)35-25-12-9-22(32)18-21(25)13-15-38/h3-5,7-12,18-19,26H,6,13-17H2,1-2H3,(H,33,40)(H,34,36)(H,35,41)/t26-/m0/s1. The average Bonchev–Trinajstić information content (AvgIpc) is 3.29. The Labute approximate surface area is 254 Å². The van der Waals surface area contributed by atoms with Crippen molar-refractivity contribution in [2.24, 2.45) is 7.05 Å². The van der Waals surface area contributed by atoms with Gasteiger partial charge in [-0.3, -0.25) is 20.1 Å². The molecule has 0 saturated heterocycles. The average molecular weight is 605 g/mol. The van der Waals surface area contributed by atoms with Gasteiger partial charge in [0.2, 0.25) is 5.91 Å². The quantitative estimate of drug-likeness (QED) is 0.267. The Balaban J connectivity index is 1.44. The number of cyclic esters (lactones) is 1. The molecule has 1 atom stereocenters. The van der Waals surface area contributed by atoms with Crippen LogP contribution < -0.4 is 16.0 Å². The number of aryl methyl sites for hydroxylation is 1. The number of methoxy groups -OCH3 is 1. The van der Waals surface area contributed by atoms with E-state index in [1.165, 1.54) is 7.11 Å². The van der Waals surface area contributed by atoms with Crippen molar-refractivity contribution in [1.29, 1.82) is 0 Å². The summed E-state index contributed by atoms with van der Waals surface area (Å²) in [6.07, 6.45) is 0.285. The Kier molecular flexibility index (Phi) is 9.31. The number of nitrogens with zero attached hydrogens (tertiary/aromatic N) is 3. The van der Waals surface area contributed by atoms with Crippen molar-refractivity contribution in [3.8, 4) is 0 Å². The lowest BCUT2D eigenvalue weighted by Gasteiger charge is -2.28. The zero-order valence-electron chi connectivity index (χ0n) is 23.9. The molecule has 12 heteroatoms. The first-order chi connectivity index (χ1) is 20.8. The molecule has 4 aromatic rings. The van der Waals surface area contributed by atoms with Crippen LogP contribution in [-0.4, -0.2) is 65.6 Å². The second-order valence-corrected chi connectivity index (χ2v) is 10.6. The van der Waals surface area contributed by atoms with Crippen LogP contribution in [0, 0.1) is 0 Å². The number of halogens is 1. The smallest absolute Gasteiger partial charge is 0.411 e. The van der Waals surface area contributed by atoms with E-state index in [-0.39, 0.29) is 12.5 Å². The number of carbonyl (C=O) groups excluding carboxylic acids is 3. The van der Waals surface area contributed by atoms with E-state index >= 15 is 0 Å². The molecular weight excluding hydrogens is 572 g/mol. The number of hydrogen-bond acceptors (Lipinski definition) is 7.